The van der Waals surface area contributed by atoms with Crippen LogP contribution >= 0.6 is 0 Å². The first kappa shape index (κ1) is 10.4. The number of piperidine rings is 1. The van der Waals surface area contributed by atoms with Crippen molar-refractivity contribution in [1.29, 1.82) is 0 Å². The Kier molecular flexibility index (Phi) is 2.57. The van der Waals surface area contributed by atoms with E-state index >= 15 is 0 Å². The van der Waals surface area contributed by atoms with Gasteiger partial charge in [0.05, 0.1) is 5.25 Å². The van der Waals surface area contributed by atoms with Crippen molar-refractivity contribution in [2.45, 2.75) is 31.6 Å². The molecule has 4 nitrogen and oxygen atoms in total. The maximum Gasteiger partial charge on any atom is 0.216 e. The maximum absolute atomic E-state index is 11.9. The van der Waals surface area contributed by atoms with E-state index in [1.807, 2.05) is 0 Å². The molecule has 14 heavy (non-hydrogen) atoms. The second kappa shape index (κ2) is 3.47. The molecule has 2 bridgehead atoms. The molecule has 2 heterocycles. The van der Waals surface area contributed by atoms with Crippen molar-refractivity contribution in [3.05, 3.63) is 0 Å². The number of hydrogen-bond donors (Lipinski definition) is 1. The minimum absolute atomic E-state index is 0.292. The third kappa shape index (κ3) is 1.68. The number of nitrogens with zero attached hydrogens (tertiary/aromatic N) is 1. The monoisotopic (exact) mass is 218 g/mol. The van der Waals surface area contributed by atoms with Crippen LogP contribution in [0.1, 0.15) is 20.3 Å². The van der Waals surface area contributed by atoms with Crippen molar-refractivity contribution in [3.8, 4) is 0 Å². The largest absolute Gasteiger partial charge is 0.312 e. The zero-order valence-corrected chi connectivity index (χ0v) is 9.55. The van der Waals surface area contributed by atoms with Gasteiger partial charge in [-0.15, -0.1) is 0 Å². The highest BCUT2D eigenvalue weighted by Crippen LogP contribution is 2.25. The van der Waals surface area contributed by atoms with Crippen molar-refractivity contribution in [2.75, 3.05) is 19.6 Å². The summed E-state index contributed by atoms with van der Waals surface area (Å²) in [5.74, 6) is 0.530. The number of sulfonamides is 1. The molecule has 0 saturated carbocycles. The number of fused-ring (bicyclic) bond motifs is 2. The van der Waals surface area contributed by atoms with Crippen LogP contribution in [-0.4, -0.2) is 43.6 Å². The first-order valence-electron chi connectivity index (χ1n) is 5.22. The molecule has 0 spiro atoms. The average molecular weight is 218 g/mol. The molecule has 2 aliphatic rings. The highest BCUT2D eigenvalue weighted by molar-refractivity contribution is 7.89. The molecule has 2 fully saturated rings. The third-order valence-electron chi connectivity index (χ3n) is 3.15. The van der Waals surface area contributed by atoms with Crippen LogP contribution in [0, 0.1) is 5.92 Å². The summed E-state index contributed by atoms with van der Waals surface area (Å²) in [6.07, 6.45) is 1.14. The normalized spacial score (nSPS) is 33.9. The zero-order chi connectivity index (χ0) is 10.3. The van der Waals surface area contributed by atoms with Gasteiger partial charge in [0.1, 0.15) is 0 Å². The SMILES string of the molecule is CC(C)S(=O)(=O)N1C[C@@H]2CN[C@@H](C2)C1. The van der Waals surface area contributed by atoms with Gasteiger partial charge in [0.15, 0.2) is 0 Å². The van der Waals surface area contributed by atoms with Crippen LogP contribution in [0.3, 0.4) is 0 Å². The van der Waals surface area contributed by atoms with E-state index in [-0.39, 0.29) is 5.25 Å². The lowest BCUT2D eigenvalue weighted by Crippen LogP contribution is -2.46. The summed E-state index contributed by atoms with van der Waals surface area (Å²) in [6.45, 7) is 5.86. The van der Waals surface area contributed by atoms with E-state index in [0.717, 1.165) is 13.0 Å². The molecule has 2 aliphatic heterocycles. The Morgan fingerprint density at radius 1 is 1.36 bits per heavy atom. The van der Waals surface area contributed by atoms with Crippen molar-refractivity contribution in [2.24, 2.45) is 5.92 Å². The van der Waals surface area contributed by atoms with Crippen LogP contribution in [0.15, 0.2) is 0 Å². The zero-order valence-electron chi connectivity index (χ0n) is 8.73. The van der Waals surface area contributed by atoms with Crippen LogP contribution < -0.4 is 5.32 Å². The molecule has 82 valence electrons. The van der Waals surface area contributed by atoms with Gasteiger partial charge in [-0.2, -0.15) is 4.31 Å². The van der Waals surface area contributed by atoms with Crippen molar-refractivity contribution in [3.63, 3.8) is 0 Å². The lowest BCUT2D eigenvalue weighted by molar-refractivity contribution is 0.293. The Labute approximate surface area is 85.7 Å². The highest BCUT2D eigenvalue weighted by atomic mass is 32.2. The molecule has 0 unspecified atom stereocenters. The predicted octanol–water partition coefficient (Wildman–Crippen LogP) is 0.0183. The molecule has 0 aromatic heterocycles. The third-order valence-corrected chi connectivity index (χ3v) is 5.36. The van der Waals surface area contributed by atoms with E-state index in [1.165, 1.54) is 0 Å². The van der Waals surface area contributed by atoms with E-state index in [4.69, 9.17) is 0 Å². The molecule has 5 heteroatoms. The summed E-state index contributed by atoms with van der Waals surface area (Å²) in [5, 5.41) is 3.06. The predicted molar refractivity (Wildman–Crippen MR) is 55.5 cm³/mol. The molecule has 0 aromatic rings. The molecule has 0 amide bonds. The molecule has 2 atom stereocenters. The molecule has 0 aliphatic carbocycles. The summed E-state index contributed by atoms with van der Waals surface area (Å²) >= 11 is 0. The fourth-order valence-electron chi connectivity index (χ4n) is 2.29. The van der Waals surface area contributed by atoms with Crippen LogP contribution in [0.5, 0.6) is 0 Å². The second-order valence-electron chi connectivity index (χ2n) is 4.62. The average Bonchev–Trinajstić information content (AvgIpc) is 2.45. The Morgan fingerprint density at radius 3 is 2.64 bits per heavy atom. The molecule has 2 rings (SSSR count). The van der Waals surface area contributed by atoms with Crippen LogP contribution in [-0.2, 0) is 10.0 Å². The van der Waals surface area contributed by atoms with Gasteiger partial charge in [0.25, 0.3) is 0 Å². The Hall–Kier alpha value is -0.130. The second-order valence-corrected chi connectivity index (χ2v) is 7.11. The molecular formula is C9H18N2O2S. The van der Waals surface area contributed by atoms with Gasteiger partial charge in [-0.3, -0.25) is 0 Å². The molecule has 0 radical (unpaired) electrons. The van der Waals surface area contributed by atoms with E-state index in [9.17, 15) is 8.42 Å². The van der Waals surface area contributed by atoms with Crippen LogP contribution in [0.2, 0.25) is 0 Å². The minimum atomic E-state index is -3.03. The quantitative estimate of drug-likeness (QED) is 0.711. The highest BCUT2D eigenvalue weighted by Gasteiger charge is 2.38. The van der Waals surface area contributed by atoms with Crippen molar-refractivity contribution >= 4 is 10.0 Å². The van der Waals surface area contributed by atoms with E-state index in [2.05, 4.69) is 5.32 Å². The van der Waals surface area contributed by atoms with Gasteiger partial charge in [-0.25, -0.2) is 8.42 Å². The van der Waals surface area contributed by atoms with E-state index in [0.29, 0.717) is 25.0 Å². The number of nitrogens with one attached hydrogen (secondary N) is 1. The Balaban J connectivity index is 2.13. The molecule has 0 aromatic carbocycles. The van der Waals surface area contributed by atoms with Crippen LogP contribution in [0.4, 0.5) is 0 Å². The molecule has 2 saturated heterocycles. The summed E-state index contributed by atoms with van der Waals surface area (Å²) in [4.78, 5) is 0. The van der Waals surface area contributed by atoms with Crippen molar-refractivity contribution in [1.82, 2.24) is 9.62 Å². The summed E-state index contributed by atoms with van der Waals surface area (Å²) in [5.41, 5.74) is 0. The fourth-order valence-corrected chi connectivity index (χ4v) is 3.70. The van der Waals surface area contributed by atoms with Gasteiger partial charge in [-0.1, -0.05) is 0 Å². The standard InChI is InChI=1S/C9H18N2O2S/c1-7(2)14(12,13)11-5-8-3-9(6-11)10-4-8/h7-10H,3-6H2,1-2H3/t8-,9-/m0/s1. The Bertz CT molecular complexity index is 301. The van der Waals surface area contributed by atoms with E-state index in [1.54, 1.807) is 18.2 Å². The smallest absolute Gasteiger partial charge is 0.216 e. The van der Waals surface area contributed by atoms with Gasteiger partial charge < -0.3 is 5.32 Å². The van der Waals surface area contributed by atoms with Gasteiger partial charge in [0, 0.05) is 19.1 Å². The first-order valence-corrected chi connectivity index (χ1v) is 6.73. The minimum Gasteiger partial charge on any atom is -0.312 e. The topological polar surface area (TPSA) is 49.4 Å². The fraction of sp³-hybridized carbons (Fsp3) is 1.00. The van der Waals surface area contributed by atoms with Gasteiger partial charge >= 0.3 is 0 Å². The molecular weight excluding hydrogens is 200 g/mol. The summed E-state index contributed by atoms with van der Waals surface area (Å²) < 4.78 is 25.5. The van der Waals surface area contributed by atoms with Crippen LogP contribution in [0.25, 0.3) is 0 Å². The Morgan fingerprint density at radius 2 is 2.07 bits per heavy atom. The lowest BCUT2D eigenvalue weighted by Gasteiger charge is -2.31. The van der Waals surface area contributed by atoms with Crippen molar-refractivity contribution < 1.29 is 8.42 Å². The number of rotatable bonds is 2. The first-order chi connectivity index (χ1) is 6.50. The number of hydrogen-bond acceptors (Lipinski definition) is 3. The van der Waals surface area contributed by atoms with E-state index < -0.39 is 10.0 Å². The summed E-state index contributed by atoms with van der Waals surface area (Å²) in [7, 11) is -3.03. The molecule has 1 N–H and O–H groups in total. The maximum atomic E-state index is 11.9. The lowest BCUT2D eigenvalue weighted by atomic mass is 10.0. The van der Waals surface area contributed by atoms with Gasteiger partial charge in [-0.05, 0) is 32.7 Å². The summed E-state index contributed by atoms with van der Waals surface area (Å²) in [6, 6.07) is 0.391. The van der Waals surface area contributed by atoms with Gasteiger partial charge in [0.2, 0.25) is 10.0 Å².